The Kier molecular flexibility index (Phi) is 6.01. The number of nitrogens with one attached hydrogen (secondary N) is 2. The standard InChI is InChI=1S/C20H32N2O2/c1-16-5-4-6-18(13-16)22-11-9-21(10-12-22)15-17-7-8-19(23-2)20(14-17)24-3/h7-8,14,16,18H,4-6,9-13,15H2,1-3H3/p+2/t16-,18+/m1/s1. The first-order valence-corrected chi connectivity index (χ1v) is 9.58. The minimum absolute atomic E-state index is 0.817. The van der Waals surface area contributed by atoms with E-state index in [-0.39, 0.29) is 0 Å². The monoisotopic (exact) mass is 334 g/mol. The predicted octanol–water partition coefficient (Wildman–Crippen LogP) is 0.566. The van der Waals surface area contributed by atoms with Crippen LogP contribution in [0.1, 0.15) is 38.2 Å². The van der Waals surface area contributed by atoms with Gasteiger partial charge in [0.2, 0.25) is 0 Å². The lowest BCUT2D eigenvalue weighted by Gasteiger charge is -2.37. The Hall–Kier alpha value is -1.26. The molecule has 1 aromatic carbocycles. The number of piperazine rings is 1. The van der Waals surface area contributed by atoms with Gasteiger partial charge in [-0.3, -0.25) is 0 Å². The third kappa shape index (κ3) is 4.22. The van der Waals surface area contributed by atoms with Crippen molar-refractivity contribution in [3.8, 4) is 11.5 Å². The zero-order chi connectivity index (χ0) is 16.9. The van der Waals surface area contributed by atoms with Crippen molar-refractivity contribution in [2.75, 3.05) is 40.4 Å². The molecule has 0 radical (unpaired) electrons. The smallest absolute Gasteiger partial charge is 0.161 e. The molecule has 0 bridgehead atoms. The van der Waals surface area contributed by atoms with E-state index in [2.05, 4.69) is 19.1 Å². The number of hydrogen-bond acceptors (Lipinski definition) is 2. The van der Waals surface area contributed by atoms with Crippen molar-refractivity contribution >= 4 is 0 Å². The van der Waals surface area contributed by atoms with Crippen LogP contribution in [0, 0.1) is 5.92 Å². The molecule has 2 N–H and O–H groups in total. The number of ether oxygens (including phenoxy) is 2. The van der Waals surface area contributed by atoms with Crippen LogP contribution in [0.5, 0.6) is 11.5 Å². The summed E-state index contributed by atoms with van der Waals surface area (Å²) >= 11 is 0. The van der Waals surface area contributed by atoms with Gasteiger partial charge in [0.1, 0.15) is 32.7 Å². The van der Waals surface area contributed by atoms with Gasteiger partial charge in [-0.2, -0.15) is 0 Å². The van der Waals surface area contributed by atoms with Gasteiger partial charge < -0.3 is 19.3 Å². The molecule has 0 unspecified atom stereocenters. The molecule has 1 aliphatic carbocycles. The second kappa shape index (κ2) is 8.21. The molecular formula is C20H34N2O2+2. The molecule has 2 aliphatic rings. The molecular weight excluding hydrogens is 300 g/mol. The number of hydrogen-bond donors (Lipinski definition) is 2. The summed E-state index contributed by atoms with van der Waals surface area (Å²) in [6.07, 6.45) is 5.78. The third-order valence-electron chi connectivity index (χ3n) is 6.02. The van der Waals surface area contributed by atoms with Gasteiger partial charge in [-0.1, -0.05) is 13.3 Å². The fraction of sp³-hybridized carbons (Fsp3) is 0.700. The highest BCUT2D eigenvalue weighted by molar-refractivity contribution is 5.42. The van der Waals surface area contributed by atoms with Gasteiger partial charge in [-0.25, -0.2) is 0 Å². The molecule has 1 saturated carbocycles. The summed E-state index contributed by atoms with van der Waals surface area (Å²) in [5.74, 6) is 2.60. The SMILES string of the molecule is COc1ccc(C[NH+]2CC[NH+]([C@H]3CCC[C@@H](C)C3)CC2)cc1OC. The summed E-state index contributed by atoms with van der Waals surface area (Å²) < 4.78 is 10.8. The fourth-order valence-electron chi connectivity index (χ4n) is 4.59. The van der Waals surface area contributed by atoms with Crippen LogP contribution in [0.25, 0.3) is 0 Å². The first-order chi connectivity index (χ1) is 11.7. The Balaban J connectivity index is 1.52. The summed E-state index contributed by atoms with van der Waals surface area (Å²) in [4.78, 5) is 3.58. The van der Waals surface area contributed by atoms with Crippen molar-refractivity contribution in [2.45, 2.75) is 45.2 Å². The summed E-state index contributed by atoms with van der Waals surface area (Å²) in [5, 5.41) is 0. The van der Waals surface area contributed by atoms with E-state index in [0.717, 1.165) is 30.0 Å². The highest BCUT2D eigenvalue weighted by Gasteiger charge is 2.32. The lowest BCUT2D eigenvalue weighted by molar-refractivity contribution is -1.03. The first kappa shape index (κ1) is 17.6. The molecule has 4 heteroatoms. The Morgan fingerprint density at radius 1 is 1.00 bits per heavy atom. The van der Waals surface area contributed by atoms with Crippen molar-refractivity contribution in [3.05, 3.63) is 23.8 Å². The maximum Gasteiger partial charge on any atom is 0.161 e. The van der Waals surface area contributed by atoms with Crippen molar-refractivity contribution in [2.24, 2.45) is 5.92 Å². The molecule has 0 spiro atoms. The number of methoxy groups -OCH3 is 2. The molecule has 24 heavy (non-hydrogen) atoms. The normalized spacial score (nSPS) is 30.8. The summed E-state index contributed by atoms with van der Waals surface area (Å²) in [7, 11) is 3.40. The Morgan fingerprint density at radius 3 is 2.42 bits per heavy atom. The molecule has 1 aromatic rings. The molecule has 2 fully saturated rings. The van der Waals surface area contributed by atoms with Crippen LogP contribution in [0.4, 0.5) is 0 Å². The van der Waals surface area contributed by atoms with Crippen molar-refractivity contribution in [1.29, 1.82) is 0 Å². The largest absolute Gasteiger partial charge is 0.493 e. The first-order valence-electron chi connectivity index (χ1n) is 9.58. The number of quaternary nitrogens is 2. The fourth-order valence-corrected chi connectivity index (χ4v) is 4.59. The zero-order valence-corrected chi connectivity index (χ0v) is 15.6. The molecule has 0 aromatic heterocycles. The van der Waals surface area contributed by atoms with E-state index in [1.807, 2.05) is 11.0 Å². The average molecular weight is 335 g/mol. The average Bonchev–Trinajstić information content (AvgIpc) is 2.62. The van der Waals surface area contributed by atoms with E-state index in [0.29, 0.717) is 0 Å². The second-order valence-electron chi connectivity index (χ2n) is 7.74. The molecule has 3 rings (SSSR count). The van der Waals surface area contributed by atoms with Gasteiger partial charge in [-0.15, -0.1) is 0 Å². The van der Waals surface area contributed by atoms with Crippen LogP contribution >= 0.6 is 0 Å². The van der Waals surface area contributed by atoms with E-state index >= 15 is 0 Å². The van der Waals surface area contributed by atoms with Crippen LogP contribution in [-0.4, -0.2) is 46.4 Å². The van der Waals surface area contributed by atoms with Crippen molar-refractivity contribution < 1.29 is 19.3 Å². The van der Waals surface area contributed by atoms with Gasteiger partial charge in [-0.05, 0) is 37.0 Å². The molecule has 0 amide bonds. The maximum atomic E-state index is 5.43. The van der Waals surface area contributed by atoms with Crippen LogP contribution in [0.3, 0.4) is 0 Å². The lowest BCUT2D eigenvalue weighted by Crippen LogP contribution is -3.29. The summed E-state index contributed by atoms with van der Waals surface area (Å²) in [5.41, 5.74) is 1.34. The van der Waals surface area contributed by atoms with E-state index < -0.39 is 0 Å². The third-order valence-corrected chi connectivity index (χ3v) is 6.02. The van der Waals surface area contributed by atoms with E-state index in [4.69, 9.17) is 9.47 Å². The van der Waals surface area contributed by atoms with E-state index in [9.17, 15) is 0 Å². The van der Waals surface area contributed by atoms with Crippen LogP contribution in [-0.2, 0) is 6.54 Å². The van der Waals surface area contributed by atoms with E-state index in [1.165, 1.54) is 57.4 Å². The van der Waals surface area contributed by atoms with Crippen LogP contribution < -0.4 is 19.3 Å². The molecule has 4 nitrogen and oxygen atoms in total. The minimum atomic E-state index is 0.817. The maximum absolute atomic E-state index is 5.43. The lowest BCUT2D eigenvalue weighted by atomic mass is 9.86. The van der Waals surface area contributed by atoms with Gasteiger partial charge in [0.25, 0.3) is 0 Å². The molecule has 1 aliphatic heterocycles. The summed E-state index contributed by atoms with van der Waals surface area (Å²) in [6.45, 7) is 8.77. The van der Waals surface area contributed by atoms with Gasteiger partial charge in [0.15, 0.2) is 11.5 Å². The quantitative estimate of drug-likeness (QED) is 0.824. The Bertz CT molecular complexity index is 526. The van der Waals surface area contributed by atoms with Crippen molar-refractivity contribution in [3.63, 3.8) is 0 Å². The zero-order valence-electron chi connectivity index (χ0n) is 15.6. The number of benzene rings is 1. The Labute approximate surface area is 146 Å². The van der Waals surface area contributed by atoms with Crippen LogP contribution in [0.15, 0.2) is 18.2 Å². The predicted molar refractivity (Wildman–Crippen MR) is 96.1 cm³/mol. The molecule has 2 atom stereocenters. The summed E-state index contributed by atoms with van der Waals surface area (Å²) in [6, 6.07) is 7.26. The van der Waals surface area contributed by atoms with E-state index in [1.54, 1.807) is 19.1 Å². The molecule has 134 valence electrons. The highest BCUT2D eigenvalue weighted by Crippen LogP contribution is 2.27. The second-order valence-corrected chi connectivity index (χ2v) is 7.74. The van der Waals surface area contributed by atoms with Crippen LogP contribution in [0.2, 0.25) is 0 Å². The number of rotatable bonds is 5. The van der Waals surface area contributed by atoms with Crippen molar-refractivity contribution in [1.82, 2.24) is 0 Å². The molecule has 1 saturated heterocycles. The van der Waals surface area contributed by atoms with Gasteiger partial charge >= 0.3 is 0 Å². The topological polar surface area (TPSA) is 27.3 Å². The molecule has 1 heterocycles. The van der Waals surface area contributed by atoms with Gasteiger partial charge in [0, 0.05) is 12.0 Å². The minimum Gasteiger partial charge on any atom is -0.493 e. The Morgan fingerprint density at radius 2 is 1.75 bits per heavy atom. The highest BCUT2D eigenvalue weighted by atomic mass is 16.5. The van der Waals surface area contributed by atoms with Gasteiger partial charge in [0.05, 0.1) is 20.3 Å².